The van der Waals surface area contributed by atoms with Crippen LogP contribution in [0.1, 0.15) is 59.1 Å². The average Bonchev–Trinajstić information content (AvgIpc) is 3.95. The number of aryl methyl sites for hydroxylation is 1. The summed E-state index contributed by atoms with van der Waals surface area (Å²) in [4.78, 5) is 47.1. The Morgan fingerprint density at radius 2 is 1.75 bits per heavy atom. The summed E-state index contributed by atoms with van der Waals surface area (Å²) in [6.07, 6.45) is 2.85. The molecule has 0 unspecified atom stereocenters. The first kappa shape index (κ1) is 36.8. The summed E-state index contributed by atoms with van der Waals surface area (Å²) in [5.41, 5.74) is 1.11. The number of carbonyl (C=O) groups excluding carboxylic acids is 1. The highest BCUT2D eigenvalue weighted by Gasteiger charge is 2.45. The fourth-order valence-corrected chi connectivity index (χ4v) is 9.06. The molecule has 2 aromatic carbocycles. The lowest BCUT2D eigenvalue weighted by Gasteiger charge is -2.35. The molecule has 1 aliphatic carbocycles. The van der Waals surface area contributed by atoms with Crippen molar-refractivity contribution in [2.24, 2.45) is 0 Å². The summed E-state index contributed by atoms with van der Waals surface area (Å²) in [7, 11) is 2.10. The molecule has 0 amide bonds. The third-order valence-corrected chi connectivity index (χ3v) is 12.2. The van der Waals surface area contributed by atoms with Gasteiger partial charge < -0.3 is 40.2 Å². The van der Waals surface area contributed by atoms with Crippen LogP contribution in [0.5, 0.6) is 5.75 Å². The number of aromatic nitrogens is 3. The van der Waals surface area contributed by atoms with Crippen LogP contribution in [-0.2, 0) is 28.2 Å². The number of esters is 1. The Morgan fingerprint density at radius 1 is 1.02 bits per heavy atom. The van der Waals surface area contributed by atoms with Crippen LogP contribution in [0, 0.1) is 0 Å². The van der Waals surface area contributed by atoms with Gasteiger partial charge in [0.25, 0.3) is 0 Å². The molecule has 1 saturated carbocycles. The van der Waals surface area contributed by atoms with Gasteiger partial charge in [-0.05, 0) is 104 Å². The fourth-order valence-electron chi connectivity index (χ4n) is 7.35. The van der Waals surface area contributed by atoms with E-state index in [1.165, 1.54) is 34.8 Å². The first-order chi connectivity index (χ1) is 25.6. The van der Waals surface area contributed by atoms with Crippen LogP contribution >= 0.6 is 22.7 Å². The number of aromatic hydroxyl groups is 1. The van der Waals surface area contributed by atoms with Crippen LogP contribution in [-0.4, -0.2) is 73.0 Å². The maximum absolute atomic E-state index is 13.4. The van der Waals surface area contributed by atoms with Crippen LogP contribution in [0.25, 0.3) is 21.9 Å². The van der Waals surface area contributed by atoms with Crippen LogP contribution in [0.3, 0.4) is 0 Å². The number of aromatic amines is 2. The first-order valence-electron chi connectivity index (χ1n) is 17.8. The molecule has 53 heavy (non-hydrogen) atoms. The van der Waals surface area contributed by atoms with E-state index in [1.807, 2.05) is 41.1 Å². The largest absolute Gasteiger partial charge is 0.506 e. The highest BCUT2D eigenvalue weighted by atomic mass is 32.1. The minimum atomic E-state index is -1.80. The number of nitrogens with zero attached hydrogens (tertiary/aromatic N) is 2. The Bertz CT molecular complexity index is 2250. The molecule has 14 heteroatoms. The first-order valence-corrected chi connectivity index (χ1v) is 19.5. The molecule has 1 atom stereocenters. The minimum Gasteiger partial charge on any atom is -0.506 e. The second-order valence-electron chi connectivity index (χ2n) is 13.7. The normalized spacial score (nSPS) is 17.1. The van der Waals surface area contributed by atoms with Crippen molar-refractivity contribution in [3.8, 4) is 5.75 Å². The van der Waals surface area contributed by atoms with Gasteiger partial charge >= 0.3 is 11.7 Å². The topological polar surface area (TPSA) is 173 Å². The van der Waals surface area contributed by atoms with E-state index in [0.29, 0.717) is 39.8 Å². The molecule has 4 aromatic heterocycles. The lowest BCUT2D eigenvalue weighted by molar-refractivity contribution is -0.169. The van der Waals surface area contributed by atoms with Crippen molar-refractivity contribution in [3.63, 3.8) is 0 Å². The number of hydrogen-bond acceptors (Lipinski definition) is 11. The zero-order valence-electron chi connectivity index (χ0n) is 29.3. The molecular weight excluding hydrogens is 715 g/mol. The Hall–Kier alpha value is -4.57. The molecule has 6 aromatic rings. The summed E-state index contributed by atoms with van der Waals surface area (Å²) in [6, 6.07) is 19.4. The van der Waals surface area contributed by atoms with E-state index in [2.05, 4.69) is 27.2 Å². The number of imidazole rings is 1. The lowest BCUT2D eigenvalue weighted by Crippen LogP contribution is -2.42. The van der Waals surface area contributed by atoms with Crippen molar-refractivity contribution >= 4 is 50.6 Å². The third-order valence-electron chi connectivity index (χ3n) is 10.3. The maximum atomic E-state index is 13.4. The van der Waals surface area contributed by atoms with Gasteiger partial charge in [-0.25, -0.2) is 9.59 Å². The number of benzene rings is 2. The predicted molar refractivity (Wildman–Crippen MR) is 206 cm³/mol. The van der Waals surface area contributed by atoms with Crippen LogP contribution < -0.4 is 16.6 Å². The van der Waals surface area contributed by atoms with E-state index in [1.54, 1.807) is 28.8 Å². The van der Waals surface area contributed by atoms with Crippen LogP contribution in [0.15, 0.2) is 87.1 Å². The Balaban J connectivity index is 0.881. The van der Waals surface area contributed by atoms with Crippen molar-refractivity contribution in [1.29, 1.82) is 0 Å². The van der Waals surface area contributed by atoms with Gasteiger partial charge in [0.05, 0.1) is 32.4 Å². The number of fused-ring (bicyclic) bond motifs is 2. The number of phenols is 1. The third kappa shape index (κ3) is 7.74. The number of pyridine rings is 1. The van der Waals surface area contributed by atoms with Gasteiger partial charge in [0, 0.05) is 37.1 Å². The summed E-state index contributed by atoms with van der Waals surface area (Å²) in [5, 5.41) is 40.1. The Morgan fingerprint density at radius 3 is 2.45 bits per heavy atom. The zero-order valence-corrected chi connectivity index (χ0v) is 30.9. The number of H-pyrrole nitrogens is 2. The molecular formula is C39H43N5O7S2. The van der Waals surface area contributed by atoms with Crippen molar-refractivity contribution in [1.82, 2.24) is 24.8 Å². The summed E-state index contributed by atoms with van der Waals surface area (Å²) >= 11 is 2.68. The van der Waals surface area contributed by atoms with E-state index in [9.17, 15) is 29.7 Å². The molecule has 0 saturated heterocycles. The molecule has 12 nitrogen and oxygen atoms in total. The van der Waals surface area contributed by atoms with Crippen molar-refractivity contribution in [2.45, 2.75) is 69.0 Å². The molecule has 0 bridgehead atoms. The van der Waals surface area contributed by atoms with Gasteiger partial charge in [-0.2, -0.15) is 0 Å². The number of aliphatic hydroxyl groups is 2. The minimum absolute atomic E-state index is 0.0573. The van der Waals surface area contributed by atoms with Crippen molar-refractivity contribution in [3.05, 3.63) is 119 Å². The van der Waals surface area contributed by atoms with E-state index in [4.69, 9.17) is 4.74 Å². The van der Waals surface area contributed by atoms with Crippen LogP contribution in [0.2, 0.25) is 0 Å². The molecule has 7 rings (SSSR count). The molecule has 0 radical (unpaired) electrons. The van der Waals surface area contributed by atoms with Gasteiger partial charge in [0.2, 0.25) is 11.2 Å². The van der Waals surface area contributed by atoms with Gasteiger partial charge in [0.1, 0.15) is 11.9 Å². The molecule has 0 aliphatic heterocycles. The quantitative estimate of drug-likeness (QED) is 0.0843. The molecule has 1 fully saturated rings. The van der Waals surface area contributed by atoms with Gasteiger partial charge in [0.15, 0.2) is 0 Å². The van der Waals surface area contributed by atoms with Crippen molar-refractivity contribution in [2.75, 3.05) is 20.1 Å². The van der Waals surface area contributed by atoms with E-state index in [0.717, 1.165) is 55.2 Å². The number of aliphatic hydroxyl groups excluding tert-OH is 1. The molecule has 4 heterocycles. The zero-order chi connectivity index (χ0) is 37.1. The number of thiophene rings is 2. The highest BCUT2D eigenvalue weighted by molar-refractivity contribution is 7.12. The average molecular weight is 758 g/mol. The van der Waals surface area contributed by atoms with E-state index >= 15 is 0 Å². The monoisotopic (exact) mass is 757 g/mol. The van der Waals surface area contributed by atoms with Gasteiger partial charge in [-0.15, -0.1) is 22.7 Å². The Kier molecular flexibility index (Phi) is 11.0. The maximum Gasteiger partial charge on any atom is 0.349 e. The molecule has 278 valence electrons. The number of rotatable bonds is 14. The molecule has 0 spiro atoms. The van der Waals surface area contributed by atoms with Gasteiger partial charge in [-0.1, -0.05) is 24.3 Å². The summed E-state index contributed by atoms with van der Waals surface area (Å²) in [5.74, 6) is -0.677. The Labute approximate surface area is 313 Å². The number of phenolic OH excluding ortho intramolecular Hbond substituents is 1. The number of carbonyl (C=O) groups is 1. The number of hydrogen-bond donors (Lipinski definition) is 6. The van der Waals surface area contributed by atoms with Gasteiger partial charge in [-0.3, -0.25) is 9.36 Å². The fraction of sp³-hybridized carbons (Fsp3) is 0.359. The standard InChI is InChI=1S/C39H43N5O7S2/c1-43(25-8-10-26(11-9-25)51-37(48)39(50,33-5-2-19-52-33)34-6-3-20-53-34)17-4-18-44-30-14-7-24(21-29(30)41-38(44)49)22-40-23-32(46)27-12-15-31(45)36-28(27)13-16-35(47)42-36/h2-3,5-7,12-16,19-21,25-26,32,40,45-46,50H,4,8-11,17-18,22-23H2,1H3,(H,41,49)(H,42,47)/t25?,26?,32-/m0/s1. The second kappa shape index (κ2) is 15.8. The summed E-state index contributed by atoms with van der Waals surface area (Å²) in [6.45, 7) is 2.07. The summed E-state index contributed by atoms with van der Waals surface area (Å²) < 4.78 is 7.69. The predicted octanol–water partition coefficient (Wildman–Crippen LogP) is 4.94. The van der Waals surface area contributed by atoms with E-state index < -0.39 is 17.7 Å². The van der Waals surface area contributed by atoms with E-state index in [-0.39, 0.29) is 35.2 Å². The smallest absolute Gasteiger partial charge is 0.349 e. The number of nitrogens with one attached hydrogen (secondary N) is 3. The van der Waals surface area contributed by atoms with Crippen LogP contribution in [0.4, 0.5) is 0 Å². The van der Waals surface area contributed by atoms with Crippen molar-refractivity contribution < 1.29 is 24.9 Å². The molecule has 1 aliphatic rings. The second-order valence-corrected chi connectivity index (χ2v) is 15.6. The molecule has 6 N–H and O–H groups in total. The number of ether oxygens (including phenoxy) is 1. The SMILES string of the molecule is CN(CCCn1c(=O)[nH]c2cc(CNC[C@H](O)c3ccc(O)c4[nH]c(=O)ccc34)ccc21)C1CCC(OC(=O)C(O)(c2cccs2)c2cccs2)CC1. The highest BCUT2D eigenvalue weighted by Crippen LogP contribution is 2.38. The lowest BCUT2D eigenvalue weighted by atomic mass is 9.91.